The first-order chi connectivity index (χ1) is 10.9. The predicted octanol–water partition coefficient (Wildman–Crippen LogP) is 3.78. The van der Waals surface area contributed by atoms with Gasteiger partial charge in [-0.15, -0.1) is 0 Å². The molecule has 0 fully saturated rings. The number of ether oxygens (including phenoxy) is 1. The number of furan rings is 1. The Balaban J connectivity index is 1.80. The van der Waals surface area contributed by atoms with Gasteiger partial charge in [0.05, 0.1) is 6.26 Å². The quantitative estimate of drug-likeness (QED) is 0.824. The SMILES string of the molecule is CCN(CCNCc1coc2ccccc12)C(=O)OC(C)(C)C. The summed E-state index contributed by atoms with van der Waals surface area (Å²) < 4.78 is 10.9. The molecule has 5 nitrogen and oxygen atoms in total. The van der Waals surface area contributed by atoms with E-state index in [1.54, 1.807) is 11.2 Å². The van der Waals surface area contributed by atoms with E-state index in [2.05, 4.69) is 11.4 Å². The van der Waals surface area contributed by atoms with Crippen molar-refractivity contribution in [2.45, 2.75) is 39.8 Å². The summed E-state index contributed by atoms with van der Waals surface area (Å²) in [7, 11) is 0. The van der Waals surface area contributed by atoms with Crippen molar-refractivity contribution in [2.24, 2.45) is 0 Å². The molecule has 0 aliphatic heterocycles. The molecule has 1 N–H and O–H groups in total. The average Bonchev–Trinajstić information content (AvgIpc) is 2.89. The summed E-state index contributed by atoms with van der Waals surface area (Å²) in [5, 5.41) is 4.48. The summed E-state index contributed by atoms with van der Waals surface area (Å²) in [4.78, 5) is 13.7. The van der Waals surface area contributed by atoms with E-state index in [0.717, 1.165) is 16.5 Å². The Morgan fingerprint density at radius 1 is 1.30 bits per heavy atom. The third-order valence-corrected chi connectivity index (χ3v) is 3.47. The molecule has 0 aliphatic rings. The molecule has 0 saturated heterocycles. The fourth-order valence-electron chi connectivity index (χ4n) is 2.31. The summed E-state index contributed by atoms with van der Waals surface area (Å²) in [6, 6.07) is 7.97. The van der Waals surface area contributed by atoms with E-state index in [1.165, 1.54) is 0 Å². The first-order valence-electron chi connectivity index (χ1n) is 8.04. The molecule has 0 radical (unpaired) electrons. The molecule has 5 heteroatoms. The maximum Gasteiger partial charge on any atom is 0.410 e. The van der Waals surface area contributed by atoms with Crippen molar-refractivity contribution in [1.29, 1.82) is 0 Å². The van der Waals surface area contributed by atoms with E-state index >= 15 is 0 Å². The van der Waals surface area contributed by atoms with E-state index < -0.39 is 5.60 Å². The monoisotopic (exact) mass is 318 g/mol. The Labute approximate surface area is 137 Å². The Morgan fingerprint density at radius 3 is 2.74 bits per heavy atom. The van der Waals surface area contributed by atoms with Crippen LogP contribution < -0.4 is 5.32 Å². The van der Waals surface area contributed by atoms with Crippen molar-refractivity contribution < 1.29 is 13.9 Å². The van der Waals surface area contributed by atoms with Crippen LogP contribution in [0.15, 0.2) is 34.9 Å². The molecule has 1 aromatic carbocycles. The molecular formula is C18H26N2O3. The van der Waals surface area contributed by atoms with Gasteiger partial charge in [0, 0.05) is 37.1 Å². The van der Waals surface area contributed by atoms with Gasteiger partial charge in [-0.25, -0.2) is 4.79 Å². The lowest BCUT2D eigenvalue weighted by molar-refractivity contribution is 0.0262. The highest BCUT2D eigenvalue weighted by molar-refractivity contribution is 5.80. The summed E-state index contributed by atoms with van der Waals surface area (Å²) >= 11 is 0. The van der Waals surface area contributed by atoms with Crippen molar-refractivity contribution in [2.75, 3.05) is 19.6 Å². The maximum absolute atomic E-state index is 12.0. The first-order valence-corrected chi connectivity index (χ1v) is 8.04. The molecule has 0 saturated carbocycles. The molecule has 0 bridgehead atoms. The number of amides is 1. The van der Waals surface area contributed by atoms with Gasteiger partial charge < -0.3 is 19.4 Å². The van der Waals surface area contributed by atoms with E-state index in [4.69, 9.17) is 9.15 Å². The van der Waals surface area contributed by atoms with E-state index in [-0.39, 0.29) is 6.09 Å². The van der Waals surface area contributed by atoms with Crippen LogP contribution in [0.4, 0.5) is 4.79 Å². The van der Waals surface area contributed by atoms with Crippen molar-refractivity contribution in [3.05, 3.63) is 36.1 Å². The first kappa shape index (κ1) is 17.3. The van der Waals surface area contributed by atoms with Gasteiger partial charge in [-0.2, -0.15) is 0 Å². The number of fused-ring (bicyclic) bond motifs is 1. The number of benzene rings is 1. The largest absolute Gasteiger partial charge is 0.464 e. The topological polar surface area (TPSA) is 54.7 Å². The number of likely N-dealkylation sites (N-methyl/N-ethyl adjacent to an activating group) is 1. The highest BCUT2D eigenvalue weighted by atomic mass is 16.6. The molecule has 1 aromatic heterocycles. The lowest BCUT2D eigenvalue weighted by atomic mass is 10.2. The minimum absolute atomic E-state index is 0.268. The summed E-state index contributed by atoms with van der Waals surface area (Å²) in [5.41, 5.74) is 1.56. The number of rotatable bonds is 6. The number of para-hydroxylation sites is 1. The Bertz CT molecular complexity index is 643. The number of hydrogen-bond acceptors (Lipinski definition) is 4. The lowest BCUT2D eigenvalue weighted by Gasteiger charge is -2.26. The second kappa shape index (κ2) is 7.51. The zero-order valence-corrected chi connectivity index (χ0v) is 14.4. The van der Waals surface area contributed by atoms with E-state index in [9.17, 15) is 4.79 Å². The molecule has 2 rings (SSSR count). The fraction of sp³-hybridized carbons (Fsp3) is 0.500. The van der Waals surface area contributed by atoms with Crippen molar-refractivity contribution in [3.8, 4) is 0 Å². The van der Waals surface area contributed by atoms with Gasteiger partial charge in [0.1, 0.15) is 11.2 Å². The Hall–Kier alpha value is -2.01. The summed E-state index contributed by atoms with van der Waals surface area (Å²) in [6.45, 7) is 10.2. The zero-order valence-electron chi connectivity index (χ0n) is 14.4. The Morgan fingerprint density at radius 2 is 2.04 bits per heavy atom. The summed E-state index contributed by atoms with van der Waals surface area (Å²) in [6.07, 6.45) is 1.51. The third kappa shape index (κ3) is 4.99. The minimum atomic E-state index is -0.465. The normalized spacial score (nSPS) is 11.7. The standard InChI is InChI=1S/C18H26N2O3/c1-5-20(17(21)23-18(2,3)4)11-10-19-12-14-13-22-16-9-7-6-8-15(14)16/h6-9,13,19H,5,10-12H2,1-4H3. The summed E-state index contributed by atoms with van der Waals surface area (Å²) in [5.74, 6) is 0. The predicted molar refractivity (Wildman–Crippen MR) is 91.4 cm³/mol. The average molecular weight is 318 g/mol. The Kier molecular flexibility index (Phi) is 5.66. The molecule has 0 unspecified atom stereocenters. The van der Waals surface area contributed by atoms with Crippen LogP contribution >= 0.6 is 0 Å². The van der Waals surface area contributed by atoms with Crippen molar-refractivity contribution >= 4 is 17.1 Å². The number of hydrogen-bond donors (Lipinski definition) is 1. The van der Waals surface area contributed by atoms with Gasteiger partial charge in [-0.05, 0) is 33.8 Å². The number of carbonyl (C=O) groups is 1. The van der Waals surface area contributed by atoms with Crippen LogP contribution in [-0.4, -0.2) is 36.2 Å². The molecule has 126 valence electrons. The smallest absolute Gasteiger partial charge is 0.410 e. The molecule has 0 atom stereocenters. The molecule has 1 heterocycles. The van der Waals surface area contributed by atoms with Crippen molar-refractivity contribution in [3.63, 3.8) is 0 Å². The van der Waals surface area contributed by atoms with E-state index in [1.807, 2.05) is 45.9 Å². The van der Waals surface area contributed by atoms with E-state index in [0.29, 0.717) is 26.2 Å². The van der Waals surface area contributed by atoms with Gasteiger partial charge in [0.25, 0.3) is 0 Å². The van der Waals surface area contributed by atoms with Crippen LogP contribution in [-0.2, 0) is 11.3 Å². The third-order valence-electron chi connectivity index (χ3n) is 3.47. The maximum atomic E-state index is 12.0. The molecular weight excluding hydrogens is 292 g/mol. The molecule has 0 aliphatic carbocycles. The van der Waals surface area contributed by atoms with Gasteiger partial charge in [-0.3, -0.25) is 0 Å². The lowest BCUT2D eigenvalue weighted by Crippen LogP contribution is -2.40. The highest BCUT2D eigenvalue weighted by Crippen LogP contribution is 2.20. The van der Waals surface area contributed by atoms with Crippen molar-refractivity contribution in [1.82, 2.24) is 10.2 Å². The number of carbonyl (C=O) groups excluding carboxylic acids is 1. The van der Waals surface area contributed by atoms with Gasteiger partial charge in [0.15, 0.2) is 0 Å². The van der Waals surface area contributed by atoms with Crippen LogP contribution in [0, 0.1) is 0 Å². The fourth-order valence-corrected chi connectivity index (χ4v) is 2.31. The number of nitrogens with one attached hydrogen (secondary N) is 1. The van der Waals surface area contributed by atoms with Gasteiger partial charge in [-0.1, -0.05) is 18.2 Å². The van der Waals surface area contributed by atoms with Crippen LogP contribution in [0.1, 0.15) is 33.3 Å². The van der Waals surface area contributed by atoms with Gasteiger partial charge in [0.2, 0.25) is 0 Å². The molecule has 23 heavy (non-hydrogen) atoms. The molecule has 2 aromatic rings. The minimum Gasteiger partial charge on any atom is -0.464 e. The second-order valence-electron chi connectivity index (χ2n) is 6.49. The van der Waals surface area contributed by atoms with Gasteiger partial charge >= 0.3 is 6.09 Å². The van der Waals surface area contributed by atoms with Crippen LogP contribution in [0.5, 0.6) is 0 Å². The van der Waals surface area contributed by atoms with Crippen LogP contribution in [0.25, 0.3) is 11.0 Å². The van der Waals surface area contributed by atoms with Crippen LogP contribution in [0.2, 0.25) is 0 Å². The zero-order chi connectivity index (χ0) is 16.9. The highest BCUT2D eigenvalue weighted by Gasteiger charge is 2.20. The molecule has 0 spiro atoms. The second-order valence-corrected chi connectivity index (χ2v) is 6.49. The van der Waals surface area contributed by atoms with Crippen LogP contribution in [0.3, 0.4) is 0 Å². The molecule has 1 amide bonds. The number of nitrogens with zero attached hydrogens (tertiary/aromatic N) is 1.